The number of hydrogen-bond donors (Lipinski definition) is 2. The molecule has 0 fully saturated rings. The molecule has 0 spiro atoms. The molecule has 0 aliphatic rings. The molecule has 1 unspecified atom stereocenters. The smallest absolute Gasteiger partial charge is 0.129 e. The summed E-state index contributed by atoms with van der Waals surface area (Å²) in [5, 5.41) is 11.9. The van der Waals surface area contributed by atoms with E-state index in [0.29, 0.717) is 6.04 Å². The van der Waals surface area contributed by atoms with Gasteiger partial charge in [-0.3, -0.25) is 0 Å². The fourth-order valence-corrected chi connectivity index (χ4v) is 1.26. The van der Waals surface area contributed by atoms with Gasteiger partial charge in [0.15, 0.2) is 0 Å². The first-order valence-corrected chi connectivity index (χ1v) is 4.89. The molecule has 0 saturated carbocycles. The van der Waals surface area contributed by atoms with Gasteiger partial charge in [0.1, 0.15) is 11.6 Å². The summed E-state index contributed by atoms with van der Waals surface area (Å²) < 4.78 is 0. The Kier molecular flexibility index (Phi) is 4.32. The maximum atomic E-state index is 8.67. The van der Waals surface area contributed by atoms with Crippen molar-refractivity contribution < 1.29 is 5.11 Å². The Morgan fingerprint density at radius 3 is 3.00 bits per heavy atom. The molecule has 1 rings (SSSR count). The second kappa shape index (κ2) is 5.54. The minimum atomic E-state index is 0.245. The third kappa shape index (κ3) is 3.70. The Morgan fingerprint density at radius 1 is 1.57 bits per heavy atom. The molecule has 2 N–H and O–H groups in total. The van der Waals surface area contributed by atoms with Crippen LogP contribution in [0.2, 0.25) is 0 Å². The molecule has 0 bridgehead atoms. The van der Waals surface area contributed by atoms with E-state index in [1.165, 1.54) is 0 Å². The minimum Gasteiger partial charge on any atom is -0.396 e. The van der Waals surface area contributed by atoms with Crippen LogP contribution in [0.4, 0.5) is 5.82 Å². The van der Waals surface area contributed by atoms with Gasteiger partial charge in [-0.1, -0.05) is 0 Å². The monoisotopic (exact) mass is 195 g/mol. The Morgan fingerprint density at radius 2 is 2.36 bits per heavy atom. The van der Waals surface area contributed by atoms with E-state index in [9.17, 15) is 0 Å². The SMILES string of the molecule is Cc1nccc(NC(C)CCCO)n1. The van der Waals surface area contributed by atoms with Crippen molar-refractivity contribution in [1.82, 2.24) is 9.97 Å². The van der Waals surface area contributed by atoms with Crippen LogP contribution in [0.3, 0.4) is 0 Å². The van der Waals surface area contributed by atoms with Gasteiger partial charge in [0, 0.05) is 18.8 Å². The number of nitrogens with one attached hydrogen (secondary N) is 1. The molecule has 1 aromatic heterocycles. The van der Waals surface area contributed by atoms with E-state index < -0.39 is 0 Å². The number of rotatable bonds is 5. The largest absolute Gasteiger partial charge is 0.396 e. The number of aliphatic hydroxyl groups excluding tert-OH is 1. The van der Waals surface area contributed by atoms with E-state index in [-0.39, 0.29) is 6.61 Å². The van der Waals surface area contributed by atoms with Gasteiger partial charge in [-0.15, -0.1) is 0 Å². The van der Waals surface area contributed by atoms with Gasteiger partial charge in [-0.05, 0) is 32.8 Å². The maximum Gasteiger partial charge on any atom is 0.129 e. The quantitative estimate of drug-likeness (QED) is 0.744. The summed E-state index contributed by atoms with van der Waals surface area (Å²) in [5.41, 5.74) is 0. The van der Waals surface area contributed by atoms with Crippen LogP contribution in [0.1, 0.15) is 25.6 Å². The average Bonchev–Trinajstić information content (AvgIpc) is 2.15. The molecule has 4 nitrogen and oxygen atoms in total. The molecule has 0 saturated heterocycles. The highest BCUT2D eigenvalue weighted by molar-refractivity contribution is 5.33. The first-order valence-electron chi connectivity index (χ1n) is 4.89. The normalized spacial score (nSPS) is 12.5. The third-order valence-electron chi connectivity index (χ3n) is 1.97. The van der Waals surface area contributed by atoms with Crippen LogP contribution in [0.15, 0.2) is 12.3 Å². The molecule has 1 atom stereocenters. The first-order chi connectivity index (χ1) is 6.72. The fraction of sp³-hybridized carbons (Fsp3) is 0.600. The molecule has 0 aliphatic carbocycles. The zero-order valence-electron chi connectivity index (χ0n) is 8.70. The molecular weight excluding hydrogens is 178 g/mol. The zero-order chi connectivity index (χ0) is 10.4. The molecule has 1 heterocycles. The van der Waals surface area contributed by atoms with Gasteiger partial charge in [-0.25, -0.2) is 9.97 Å². The Labute approximate surface area is 84.4 Å². The van der Waals surface area contributed by atoms with Crippen molar-refractivity contribution in [3.8, 4) is 0 Å². The molecule has 78 valence electrons. The van der Waals surface area contributed by atoms with Gasteiger partial charge in [0.25, 0.3) is 0 Å². The highest BCUT2D eigenvalue weighted by Gasteiger charge is 2.02. The predicted octanol–water partition coefficient (Wildman–Crippen LogP) is 1.36. The van der Waals surface area contributed by atoms with Crippen molar-refractivity contribution in [2.75, 3.05) is 11.9 Å². The summed E-state index contributed by atoms with van der Waals surface area (Å²) in [6, 6.07) is 2.18. The molecule has 0 aromatic carbocycles. The Hall–Kier alpha value is -1.16. The van der Waals surface area contributed by atoms with Crippen LogP contribution in [0.25, 0.3) is 0 Å². The standard InChI is InChI=1S/C10H17N3O/c1-8(4-3-7-14)12-10-5-6-11-9(2)13-10/h5-6,8,14H,3-4,7H2,1-2H3,(H,11,12,13). The molecule has 0 radical (unpaired) electrons. The van der Waals surface area contributed by atoms with E-state index in [0.717, 1.165) is 24.5 Å². The number of aryl methyl sites for hydroxylation is 1. The van der Waals surface area contributed by atoms with Gasteiger partial charge in [-0.2, -0.15) is 0 Å². The number of aliphatic hydroxyl groups is 1. The number of hydrogen-bond acceptors (Lipinski definition) is 4. The predicted molar refractivity (Wildman–Crippen MR) is 56.2 cm³/mol. The average molecular weight is 195 g/mol. The Balaban J connectivity index is 2.43. The topological polar surface area (TPSA) is 58.0 Å². The molecule has 4 heteroatoms. The van der Waals surface area contributed by atoms with Crippen LogP contribution in [0.5, 0.6) is 0 Å². The summed E-state index contributed by atoms with van der Waals surface area (Å²) in [5.74, 6) is 1.62. The van der Waals surface area contributed by atoms with Crippen LogP contribution in [-0.4, -0.2) is 27.7 Å². The summed E-state index contributed by atoms with van der Waals surface area (Å²) in [7, 11) is 0. The molecule has 0 amide bonds. The van der Waals surface area contributed by atoms with Crippen molar-refractivity contribution in [2.45, 2.75) is 32.7 Å². The molecule has 14 heavy (non-hydrogen) atoms. The lowest BCUT2D eigenvalue weighted by atomic mass is 10.2. The van der Waals surface area contributed by atoms with Crippen molar-refractivity contribution >= 4 is 5.82 Å². The van der Waals surface area contributed by atoms with Gasteiger partial charge in [0.05, 0.1) is 0 Å². The molecule has 1 aromatic rings. The first kappa shape index (κ1) is 10.9. The van der Waals surface area contributed by atoms with E-state index in [1.807, 2.05) is 13.0 Å². The van der Waals surface area contributed by atoms with Gasteiger partial charge in [0.2, 0.25) is 0 Å². The summed E-state index contributed by atoms with van der Waals surface area (Å²) in [4.78, 5) is 8.25. The summed E-state index contributed by atoms with van der Waals surface area (Å²) in [6.45, 7) is 4.19. The summed E-state index contributed by atoms with van der Waals surface area (Å²) >= 11 is 0. The van der Waals surface area contributed by atoms with E-state index >= 15 is 0 Å². The highest BCUT2D eigenvalue weighted by atomic mass is 16.2. The van der Waals surface area contributed by atoms with Gasteiger partial charge >= 0.3 is 0 Å². The summed E-state index contributed by atoms with van der Waals surface area (Å²) in [6.07, 6.45) is 3.50. The van der Waals surface area contributed by atoms with Crippen molar-refractivity contribution in [3.63, 3.8) is 0 Å². The van der Waals surface area contributed by atoms with Gasteiger partial charge < -0.3 is 10.4 Å². The van der Waals surface area contributed by atoms with Crippen LogP contribution >= 0.6 is 0 Å². The van der Waals surface area contributed by atoms with E-state index in [4.69, 9.17) is 5.11 Å². The number of anilines is 1. The zero-order valence-corrected chi connectivity index (χ0v) is 8.70. The third-order valence-corrected chi connectivity index (χ3v) is 1.97. The lowest BCUT2D eigenvalue weighted by Crippen LogP contribution is -2.16. The van der Waals surface area contributed by atoms with E-state index in [1.54, 1.807) is 6.20 Å². The fourth-order valence-electron chi connectivity index (χ4n) is 1.26. The lowest BCUT2D eigenvalue weighted by molar-refractivity contribution is 0.282. The van der Waals surface area contributed by atoms with Crippen molar-refractivity contribution in [2.24, 2.45) is 0 Å². The molecule has 0 aliphatic heterocycles. The maximum absolute atomic E-state index is 8.67. The highest BCUT2D eigenvalue weighted by Crippen LogP contribution is 2.06. The van der Waals surface area contributed by atoms with Crippen LogP contribution in [0, 0.1) is 6.92 Å². The van der Waals surface area contributed by atoms with Crippen molar-refractivity contribution in [3.05, 3.63) is 18.1 Å². The second-order valence-corrected chi connectivity index (χ2v) is 3.40. The van der Waals surface area contributed by atoms with Crippen molar-refractivity contribution in [1.29, 1.82) is 0 Å². The van der Waals surface area contributed by atoms with Crippen LogP contribution < -0.4 is 5.32 Å². The number of aromatic nitrogens is 2. The molecular formula is C10H17N3O. The Bertz CT molecular complexity index is 278. The number of nitrogens with zero attached hydrogens (tertiary/aromatic N) is 2. The van der Waals surface area contributed by atoms with E-state index in [2.05, 4.69) is 22.2 Å². The second-order valence-electron chi connectivity index (χ2n) is 3.40. The van der Waals surface area contributed by atoms with Crippen LogP contribution in [-0.2, 0) is 0 Å². The lowest BCUT2D eigenvalue weighted by Gasteiger charge is -2.13. The minimum absolute atomic E-state index is 0.245.